The summed E-state index contributed by atoms with van der Waals surface area (Å²) in [7, 11) is 0. The lowest BCUT2D eigenvalue weighted by Gasteiger charge is -2.36. The van der Waals surface area contributed by atoms with Crippen LogP contribution in [0.25, 0.3) is 0 Å². The second-order valence-corrected chi connectivity index (χ2v) is 7.34. The lowest BCUT2D eigenvalue weighted by molar-refractivity contribution is -0.140. The Kier molecular flexibility index (Phi) is 6.87. The number of hydrogen-bond donors (Lipinski definition) is 0. The molecule has 3 rings (SSSR count). The van der Waals surface area contributed by atoms with Gasteiger partial charge in [-0.3, -0.25) is 4.79 Å². The SMILES string of the molecule is CCOC(=O)C1=C(CC)N(Cc2ccc(F)cc2F)C(=O)CC1c1ccccc1Cl. The maximum absolute atomic E-state index is 14.2. The number of esters is 1. The lowest BCUT2D eigenvalue weighted by atomic mass is 9.82. The molecule has 0 N–H and O–H groups in total. The van der Waals surface area contributed by atoms with Crippen molar-refractivity contribution in [2.24, 2.45) is 0 Å². The molecule has 4 nitrogen and oxygen atoms in total. The summed E-state index contributed by atoms with van der Waals surface area (Å²) in [6.07, 6.45) is 0.341. The Labute approximate surface area is 179 Å². The Hall–Kier alpha value is -2.73. The Morgan fingerprint density at radius 2 is 1.93 bits per heavy atom. The van der Waals surface area contributed by atoms with E-state index in [0.717, 1.165) is 12.1 Å². The summed E-state index contributed by atoms with van der Waals surface area (Å²) in [6.45, 7) is 3.58. The zero-order valence-electron chi connectivity index (χ0n) is 16.8. The van der Waals surface area contributed by atoms with E-state index in [9.17, 15) is 18.4 Å². The van der Waals surface area contributed by atoms with E-state index in [2.05, 4.69) is 0 Å². The molecule has 158 valence electrons. The van der Waals surface area contributed by atoms with Crippen LogP contribution in [0.2, 0.25) is 5.02 Å². The molecule has 0 fully saturated rings. The molecule has 7 heteroatoms. The summed E-state index contributed by atoms with van der Waals surface area (Å²) in [6, 6.07) is 10.3. The van der Waals surface area contributed by atoms with Gasteiger partial charge in [-0.25, -0.2) is 13.6 Å². The lowest BCUT2D eigenvalue weighted by Crippen LogP contribution is -2.39. The average Bonchev–Trinajstić information content (AvgIpc) is 2.71. The molecule has 0 saturated heterocycles. The molecule has 1 amide bonds. The molecule has 30 heavy (non-hydrogen) atoms. The van der Waals surface area contributed by atoms with E-state index in [0.29, 0.717) is 28.3 Å². The molecule has 0 aromatic heterocycles. The third-order valence-electron chi connectivity index (χ3n) is 5.12. The molecule has 0 saturated carbocycles. The van der Waals surface area contributed by atoms with E-state index in [1.54, 1.807) is 31.2 Å². The van der Waals surface area contributed by atoms with E-state index >= 15 is 0 Å². The molecule has 1 aliphatic heterocycles. The van der Waals surface area contributed by atoms with Gasteiger partial charge < -0.3 is 9.64 Å². The second-order valence-electron chi connectivity index (χ2n) is 6.93. The fourth-order valence-electron chi connectivity index (χ4n) is 3.76. The van der Waals surface area contributed by atoms with Crippen LogP contribution in [0, 0.1) is 11.6 Å². The van der Waals surface area contributed by atoms with Crippen LogP contribution < -0.4 is 0 Å². The van der Waals surface area contributed by atoms with Gasteiger partial charge in [-0.1, -0.05) is 42.8 Å². The normalized spacial score (nSPS) is 16.8. The van der Waals surface area contributed by atoms with Gasteiger partial charge >= 0.3 is 5.97 Å². The van der Waals surface area contributed by atoms with Crippen molar-refractivity contribution in [2.45, 2.75) is 39.2 Å². The van der Waals surface area contributed by atoms with E-state index in [1.165, 1.54) is 11.0 Å². The van der Waals surface area contributed by atoms with Crippen molar-refractivity contribution in [3.05, 3.63) is 81.5 Å². The first-order chi connectivity index (χ1) is 14.4. The Morgan fingerprint density at radius 1 is 1.20 bits per heavy atom. The summed E-state index contributed by atoms with van der Waals surface area (Å²) in [5, 5.41) is 0.450. The first-order valence-electron chi connectivity index (χ1n) is 9.76. The van der Waals surface area contributed by atoms with Crippen molar-refractivity contribution >= 4 is 23.5 Å². The second kappa shape index (κ2) is 9.39. The van der Waals surface area contributed by atoms with Gasteiger partial charge in [0.25, 0.3) is 0 Å². The van der Waals surface area contributed by atoms with Crippen molar-refractivity contribution < 1.29 is 23.1 Å². The third-order valence-corrected chi connectivity index (χ3v) is 5.46. The molecule has 1 aliphatic rings. The Balaban J connectivity index is 2.11. The van der Waals surface area contributed by atoms with Crippen LogP contribution >= 0.6 is 11.6 Å². The highest BCUT2D eigenvalue weighted by Crippen LogP contribution is 2.41. The van der Waals surface area contributed by atoms with E-state index in [1.807, 2.05) is 6.92 Å². The number of halogens is 3. The van der Waals surface area contributed by atoms with Gasteiger partial charge in [0, 0.05) is 34.7 Å². The molecule has 1 unspecified atom stereocenters. The largest absolute Gasteiger partial charge is 0.463 e. The fraction of sp³-hybridized carbons (Fsp3) is 0.304. The molecule has 0 spiro atoms. The number of hydrogen-bond acceptors (Lipinski definition) is 3. The van der Waals surface area contributed by atoms with Crippen molar-refractivity contribution in [3.63, 3.8) is 0 Å². The number of benzene rings is 2. The van der Waals surface area contributed by atoms with Gasteiger partial charge in [0.1, 0.15) is 11.6 Å². The predicted octanol–water partition coefficient (Wildman–Crippen LogP) is 5.36. The van der Waals surface area contributed by atoms with E-state index < -0.39 is 23.5 Å². The first-order valence-corrected chi connectivity index (χ1v) is 10.1. The highest BCUT2D eigenvalue weighted by molar-refractivity contribution is 6.31. The van der Waals surface area contributed by atoms with Crippen molar-refractivity contribution in [1.82, 2.24) is 4.90 Å². The Bertz CT molecular complexity index is 1010. The number of allylic oxidation sites excluding steroid dienone is 1. The molecule has 2 aromatic rings. The summed E-state index contributed by atoms with van der Waals surface area (Å²) in [4.78, 5) is 27.3. The number of carbonyl (C=O) groups is 2. The van der Waals surface area contributed by atoms with Gasteiger partial charge in [-0.05, 0) is 31.0 Å². The van der Waals surface area contributed by atoms with Gasteiger partial charge in [0.2, 0.25) is 5.91 Å². The molecule has 0 radical (unpaired) electrons. The van der Waals surface area contributed by atoms with Crippen molar-refractivity contribution in [3.8, 4) is 0 Å². The van der Waals surface area contributed by atoms with Gasteiger partial charge in [-0.15, -0.1) is 0 Å². The van der Waals surface area contributed by atoms with Crippen LogP contribution in [0.4, 0.5) is 8.78 Å². The fourth-order valence-corrected chi connectivity index (χ4v) is 4.03. The highest BCUT2D eigenvalue weighted by Gasteiger charge is 2.38. The minimum atomic E-state index is -0.746. The maximum Gasteiger partial charge on any atom is 0.336 e. The van der Waals surface area contributed by atoms with Gasteiger partial charge in [0.15, 0.2) is 0 Å². The van der Waals surface area contributed by atoms with Crippen molar-refractivity contribution in [2.75, 3.05) is 6.61 Å². The minimum Gasteiger partial charge on any atom is -0.463 e. The smallest absolute Gasteiger partial charge is 0.336 e. The van der Waals surface area contributed by atoms with Crippen LogP contribution in [0.15, 0.2) is 53.7 Å². The summed E-state index contributed by atoms with van der Waals surface area (Å²) in [5.41, 5.74) is 1.62. The average molecular weight is 434 g/mol. The van der Waals surface area contributed by atoms with Crippen LogP contribution in [0.3, 0.4) is 0 Å². The molecule has 1 atom stereocenters. The highest BCUT2D eigenvalue weighted by atomic mass is 35.5. The maximum atomic E-state index is 14.2. The van der Waals surface area contributed by atoms with Crippen LogP contribution in [-0.2, 0) is 20.9 Å². The quantitative estimate of drug-likeness (QED) is 0.576. The predicted molar refractivity (Wildman–Crippen MR) is 110 cm³/mol. The molecule has 0 bridgehead atoms. The number of nitrogens with zero attached hydrogens (tertiary/aromatic N) is 1. The van der Waals surface area contributed by atoms with Crippen molar-refractivity contribution in [1.29, 1.82) is 0 Å². The van der Waals surface area contributed by atoms with Gasteiger partial charge in [-0.2, -0.15) is 0 Å². The number of carbonyl (C=O) groups excluding carboxylic acids is 2. The summed E-state index contributed by atoms with van der Waals surface area (Å²) < 4.78 is 32.8. The van der Waals surface area contributed by atoms with E-state index in [4.69, 9.17) is 16.3 Å². The Morgan fingerprint density at radius 3 is 2.57 bits per heavy atom. The molecule has 1 heterocycles. The van der Waals surface area contributed by atoms with Crippen LogP contribution in [0.1, 0.15) is 43.7 Å². The first kappa shape index (κ1) is 22.0. The molecule has 2 aromatic carbocycles. The zero-order chi connectivity index (χ0) is 21.8. The number of ether oxygens (including phenoxy) is 1. The summed E-state index contributed by atoms with van der Waals surface area (Å²) >= 11 is 6.36. The van der Waals surface area contributed by atoms with Crippen LogP contribution in [-0.4, -0.2) is 23.4 Å². The standard InChI is InChI=1S/C23H22ClF2NO3/c1-3-20-22(23(29)30-4-2)17(16-7-5-6-8-18(16)24)12-21(28)27(20)13-14-9-10-15(25)11-19(14)26/h5-11,17H,3-4,12-13H2,1-2H3. The molecule has 0 aliphatic carbocycles. The third kappa shape index (κ3) is 4.38. The number of rotatable bonds is 6. The van der Waals surface area contributed by atoms with Crippen LogP contribution in [0.5, 0.6) is 0 Å². The topological polar surface area (TPSA) is 46.6 Å². The summed E-state index contributed by atoms with van der Waals surface area (Å²) in [5.74, 6) is -2.80. The number of amides is 1. The molecular weight excluding hydrogens is 412 g/mol. The zero-order valence-corrected chi connectivity index (χ0v) is 17.5. The van der Waals surface area contributed by atoms with Gasteiger partial charge in [0.05, 0.1) is 18.7 Å². The minimum absolute atomic E-state index is 0.00973. The van der Waals surface area contributed by atoms with E-state index in [-0.39, 0.29) is 31.0 Å². The molecular formula is C23H22ClF2NO3. The monoisotopic (exact) mass is 433 g/mol.